The van der Waals surface area contributed by atoms with Gasteiger partial charge in [-0.3, -0.25) is 0 Å². The smallest absolute Gasteiger partial charge is 0.0630 e. The van der Waals surface area contributed by atoms with Gasteiger partial charge in [0.1, 0.15) is 0 Å². The fourth-order valence-corrected chi connectivity index (χ4v) is 1.20. The van der Waals surface area contributed by atoms with Gasteiger partial charge in [-0.15, -0.1) is 0 Å². The highest BCUT2D eigenvalue weighted by atomic mass is 16.3. The zero-order valence-electron chi connectivity index (χ0n) is 8.99. The fraction of sp³-hybridized carbons (Fsp3) is 0.455. The zero-order chi connectivity index (χ0) is 10.6. The van der Waals surface area contributed by atoms with Crippen LogP contribution in [-0.4, -0.2) is 31.9 Å². The highest BCUT2D eigenvalue weighted by Crippen LogP contribution is 2.17. The van der Waals surface area contributed by atoms with Gasteiger partial charge in [-0.2, -0.15) is 0 Å². The first-order valence-corrected chi connectivity index (χ1v) is 4.78. The van der Waals surface area contributed by atoms with E-state index in [4.69, 9.17) is 5.11 Å². The summed E-state index contributed by atoms with van der Waals surface area (Å²) in [6.07, 6.45) is 0. The van der Waals surface area contributed by atoms with Crippen LogP contribution >= 0.6 is 0 Å². The first-order chi connectivity index (χ1) is 6.63. The normalized spacial score (nSPS) is 12.3. The highest BCUT2D eigenvalue weighted by Gasteiger charge is 2.01. The third-order valence-corrected chi connectivity index (χ3v) is 2.05. The first-order valence-electron chi connectivity index (χ1n) is 4.78. The van der Waals surface area contributed by atoms with Gasteiger partial charge in [0.05, 0.1) is 6.61 Å². The summed E-state index contributed by atoms with van der Waals surface area (Å²) in [5.41, 5.74) is 2.19. The van der Waals surface area contributed by atoms with Crippen LogP contribution in [0, 0.1) is 0 Å². The second kappa shape index (κ2) is 4.86. The molecule has 3 heteroatoms. The van der Waals surface area contributed by atoms with E-state index < -0.39 is 0 Å². The predicted molar refractivity (Wildman–Crippen MR) is 60.9 cm³/mol. The minimum Gasteiger partial charge on any atom is -0.394 e. The Balaban J connectivity index is 2.73. The SMILES string of the molecule is CC(CO)Nc1cccc(N(C)C)c1. The van der Waals surface area contributed by atoms with E-state index in [1.54, 1.807) is 0 Å². The summed E-state index contributed by atoms with van der Waals surface area (Å²) in [5, 5.41) is 12.1. The fourth-order valence-electron chi connectivity index (χ4n) is 1.20. The number of hydrogen-bond acceptors (Lipinski definition) is 3. The van der Waals surface area contributed by atoms with E-state index in [-0.39, 0.29) is 12.6 Å². The molecule has 2 N–H and O–H groups in total. The van der Waals surface area contributed by atoms with E-state index in [0.717, 1.165) is 11.4 Å². The summed E-state index contributed by atoms with van der Waals surface area (Å²) in [4.78, 5) is 2.05. The molecular weight excluding hydrogens is 176 g/mol. The Morgan fingerprint density at radius 2 is 2.14 bits per heavy atom. The van der Waals surface area contributed by atoms with Gasteiger partial charge in [0.15, 0.2) is 0 Å². The second-order valence-electron chi connectivity index (χ2n) is 3.67. The second-order valence-corrected chi connectivity index (χ2v) is 3.67. The number of rotatable bonds is 4. The van der Waals surface area contributed by atoms with Gasteiger partial charge >= 0.3 is 0 Å². The minimum atomic E-state index is 0.0902. The van der Waals surface area contributed by atoms with Crippen molar-refractivity contribution in [3.05, 3.63) is 24.3 Å². The molecule has 1 aromatic carbocycles. The van der Waals surface area contributed by atoms with E-state index in [1.165, 1.54) is 0 Å². The van der Waals surface area contributed by atoms with Crippen LogP contribution in [0.25, 0.3) is 0 Å². The molecule has 0 bridgehead atoms. The van der Waals surface area contributed by atoms with Gasteiger partial charge in [-0.05, 0) is 25.1 Å². The van der Waals surface area contributed by atoms with Crippen molar-refractivity contribution in [3.63, 3.8) is 0 Å². The number of nitrogens with zero attached hydrogens (tertiary/aromatic N) is 1. The van der Waals surface area contributed by atoms with Crippen LogP contribution in [0.2, 0.25) is 0 Å². The summed E-state index contributed by atoms with van der Waals surface area (Å²) in [5.74, 6) is 0. The number of aliphatic hydroxyl groups is 1. The predicted octanol–water partition coefficient (Wildman–Crippen LogP) is 1.55. The Hall–Kier alpha value is -1.22. The third-order valence-electron chi connectivity index (χ3n) is 2.05. The molecule has 1 rings (SSSR count). The molecule has 0 aromatic heterocycles. The maximum absolute atomic E-state index is 8.90. The Kier molecular flexibility index (Phi) is 3.77. The molecule has 0 radical (unpaired) electrons. The Bertz CT molecular complexity index is 286. The average Bonchev–Trinajstić information content (AvgIpc) is 2.18. The van der Waals surface area contributed by atoms with E-state index in [1.807, 2.05) is 33.2 Å². The lowest BCUT2D eigenvalue weighted by atomic mass is 10.2. The third kappa shape index (κ3) is 2.92. The van der Waals surface area contributed by atoms with E-state index in [0.29, 0.717) is 0 Å². The number of nitrogens with one attached hydrogen (secondary N) is 1. The van der Waals surface area contributed by atoms with Crippen molar-refractivity contribution in [3.8, 4) is 0 Å². The van der Waals surface area contributed by atoms with Gasteiger partial charge in [0, 0.05) is 31.5 Å². The van der Waals surface area contributed by atoms with Crippen molar-refractivity contribution >= 4 is 11.4 Å². The average molecular weight is 194 g/mol. The Morgan fingerprint density at radius 3 is 2.71 bits per heavy atom. The number of aliphatic hydroxyl groups excluding tert-OH is 1. The molecule has 0 saturated carbocycles. The maximum Gasteiger partial charge on any atom is 0.0630 e. The summed E-state index contributed by atoms with van der Waals surface area (Å²) >= 11 is 0. The molecular formula is C11H18N2O. The molecule has 14 heavy (non-hydrogen) atoms. The molecule has 1 unspecified atom stereocenters. The van der Waals surface area contributed by atoms with Crippen molar-refractivity contribution in [1.29, 1.82) is 0 Å². The van der Waals surface area contributed by atoms with Crippen LogP contribution in [0.3, 0.4) is 0 Å². The minimum absolute atomic E-state index is 0.0902. The molecule has 0 heterocycles. The number of hydrogen-bond donors (Lipinski definition) is 2. The van der Waals surface area contributed by atoms with Crippen LogP contribution in [-0.2, 0) is 0 Å². The Morgan fingerprint density at radius 1 is 1.43 bits per heavy atom. The van der Waals surface area contributed by atoms with Gasteiger partial charge in [-0.25, -0.2) is 0 Å². The molecule has 3 nitrogen and oxygen atoms in total. The summed E-state index contributed by atoms with van der Waals surface area (Å²) in [6.45, 7) is 2.09. The van der Waals surface area contributed by atoms with Crippen molar-refractivity contribution in [1.82, 2.24) is 0 Å². The molecule has 0 saturated heterocycles. The van der Waals surface area contributed by atoms with Crippen LogP contribution in [0.5, 0.6) is 0 Å². The molecule has 0 amide bonds. The molecule has 78 valence electrons. The number of anilines is 2. The van der Waals surface area contributed by atoms with Crippen molar-refractivity contribution < 1.29 is 5.11 Å². The van der Waals surface area contributed by atoms with Crippen LogP contribution in [0.4, 0.5) is 11.4 Å². The van der Waals surface area contributed by atoms with Gasteiger partial charge in [0.25, 0.3) is 0 Å². The molecule has 0 aliphatic carbocycles. The van der Waals surface area contributed by atoms with Crippen LogP contribution in [0.1, 0.15) is 6.92 Å². The van der Waals surface area contributed by atoms with E-state index >= 15 is 0 Å². The summed E-state index contributed by atoms with van der Waals surface area (Å²) in [6, 6.07) is 8.20. The molecule has 0 fully saturated rings. The van der Waals surface area contributed by atoms with Crippen LogP contribution < -0.4 is 10.2 Å². The molecule has 0 spiro atoms. The maximum atomic E-state index is 8.90. The van der Waals surface area contributed by atoms with Crippen molar-refractivity contribution in [2.24, 2.45) is 0 Å². The zero-order valence-corrected chi connectivity index (χ0v) is 8.99. The van der Waals surface area contributed by atoms with Gasteiger partial charge in [-0.1, -0.05) is 6.07 Å². The standard InChI is InChI=1S/C11H18N2O/c1-9(8-14)12-10-5-4-6-11(7-10)13(2)3/h4-7,9,12,14H,8H2,1-3H3. The summed E-state index contributed by atoms with van der Waals surface area (Å²) < 4.78 is 0. The molecule has 1 atom stereocenters. The number of benzene rings is 1. The van der Waals surface area contributed by atoms with Crippen LogP contribution in [0.15, 0.2) is 24.3 Å². The van der Waals surface area contributed by atoms with E-state index in [2.05, 4.69) is 22.3 Å². The highest BCUT2D eigenvalue weighted by molar-refractivity contribution is 5.57. The molecule has 1 aromatic rings. The lowest BCUT2D eigenvalue weighted by molar-refractivity contribution is 0.281. The first kappa shape index (κ1) is 10.9. The van der Waals surface area contributed by atoms with E-state index in [9.17, 15) is 0 Å². The lowest BCUT2D eigenvalue weighted by Crippen LogP contribution is -2.19. The monoisotopic (exact) mass is 194 g/mol. The lowest BCUT2D eigenvalue weighted by Gasteiger charge is -2.16. The molecule has 0 aliphatic rings. The quantitative estimate of drug-likeness (QED) is 0.763. The largest absolute Gasteiger partial charge is 0.394 e. The van der Waals surface area contributed by atoms with Gasteiger partial charge in [0.2, 0.25) is 0 Å². The topological polar surface area (TPSA) is 35.5 Å². The van der Waals surface area contributed by atoms with Crippen molar-refractivity contribution in [2.45, 2.75) is 13.0 Å². The Labute approximate surface area is 85.4 Å². The summed E-state index contributed by atoms with van der Waals surface area (Å²) in [7, 11) is 4.02. The van der Waals surface area contributed by atoms with Crippen molar-refractivity contribution in [2.75, 3.05) is 30.9 Å². The molecule has 0 aliphatic heterocycles. The van der Waals surface area contributed by atoms with Gasteiger partial charge < -0.3 is 15.3 Å².